The van der Waals surface area contributed by atoms with Crippen molar-refractivity contribution in [3.63, 3.8) is 0 Å². The van der Waals surface area contributed by atoms with Crippen LogP contribution in [-0.4, -0.2) is 40.3 Å². The van der Waals surface area contributed by atoms with E-state index in [2.05, 4.69) is 40.3 Å². The van der Waals surface area contributed by atoms with Gasteiger partial charge in [0.25, 0.3) is 11.8 Å². The van der Waals surface area contributed by atoms with Crippen LogP contribution < -0.4 is 0 Å². The third-order valence-corrected chi connectivity index (χ3v) is 5.56. The van der Waals surface area contributed by atoms with E-state index >= 15 is 0 Å². The third-order valence-electron chi connectivity index (χ3n) is 5.56. The maximum atomic E-state index is 5.92. The van der Waals surface area contributed by atoms with E-state index in [0.29, 0.717) is 46.1 Å². The average molecular weight is 470 g/mol. The van der Waals surface area contributed by atoms with Gasteiger partial charge >= 0.3 is 0 Å². The lowest BCUT2D eigenvalue weighted by Gasteiger charge is -2.00. The van der Waals surface area contributed by atoms with Gasteiger partial charge in [0.15, 0.2) is 0 Å². The van der Waals surface area contributed by atoms with E-state index in [4.69, 9.17) is 8.83 Å². The fourth-order valence-corrected chi connectivity index (χ4v) is 3.82. The van der Waals surface area contributed by atoms with Crippen LogP contribution in [0.3, 0.4) is 0 Å². The molecular weight excluding hydrogens is 456 g/mol. The summed E-state index contributed by atoms with van der Waals surface area (Å²) in [7, 11) is 0. The van der Waals surface area contributed by atoms with Gasteiger partial charge in [-0.25, -0.2) is 9.97 Å². The predicted octanol–water partition coefficient (Wildman–Crippen LogP) is 5.01. The fraction of sp³-hybridized carbons (Fsp3) is 0. The molecule has 0 spiro atoms. The highest BCUT2D eigenvalue weighted by Gasteiger charge is 2.16. The molecule has 10 nitrogen and oxygen atoms in total. The van der Waals surface area contributed by atoms with E-state index in [9.17, 15) is 0 Å². The molecule has 0 radical (unpaired) electrons. The molecule has 7 aromatic rings. The molecule has 0 fully saturated rings. The lowest BCUT2D eigenvalue weighted by molar-refractivity contribution is 0.580. The zero-order valence-electron chi connectivity index (χ0n) is 18.5. The Morgan fingerprint density at radius 3 is 1.47 bits per heavy atom. The second kappa shape index (κ2) is 8.13. The van der Waals surface area contributed by atoms with Crippen LogP contribution in [0.25, 0.3) is 68.1 Å². The quantitative estimate of drug-likeness (QED) is 0.346. The van der Waals surface area contributed by atoms with Crippen LogP contribution >= 0.6 is 0 Å². The summed E-state index contributed by atoms with van der Waals surface area (Å²) in [4.78, 5) is 17.7. The molecule has 7 rings (SSSR count). The minimum atomic E-state index is 0.318. The van der Waals surface area contributed by atoms with Gasteiger partial charge in [0.2, 0.25) is 11.8 Å². The highest BCUT2D eigenvalue weighted by Crippen LogP contribution is 2.29. The Bertz CT molecular complexity index is 1740. The van der Waals surface area contributed by atoms with Crippen LogP contribution in [0, 0.1) is 0 Å². The molecule has 0 aliphatic carbocycles. The van der Waals surface area contributed by atoms with Crippen molar-refractivity contribution in [3.05, 3.63) is 85.2 Å². The number of hydrogen-bond donors (Lipinski definition) is 0. The van der Waals surface area contributed by atoms with Gasteiger partial charge in [0.1, 0.15) is 11.4 Å². The van der Waals surface area contributed by atoms with Crippen LogP contribution in [0.15, 0.2) is 94.0 Å². The van der Waals surface area contributed by atoms with E-state index in [0.717, 1.165) is 22.1 Å². The summed E-state index contributed by atoms with van der Waals surface area (Å²) in [6.07, 6.45) is 3.45. The van der Waals surface area contributed by atoms with Crippen molar-refractivity contribution in [1.82, 2.24) is 40.3 Å². The molecule has 36 heavy (non-hydrogen) atoms. The monoisotopic (exact) mass is 470 g/mol. The van der Waals surface area contributed by atoms with E-state index < -0.39 is 0 Å². The molecule has 10 heteroatoms. The Hall–Kier alpha value is -5.38. The highest BCUT2D eigenvalue weighted by molar-refractivity contribution is 5.77. The predicted molar refractivity (Wildman–Crippen MR) is 130 cm³/mol. The third kappa shape index (κ3) is 3.53. The molecule has 6 aromatic heterocycles. The molecule has 0 N–H and O–H groups in total. The maximum absolute atomic E-state index is 5.92. The van der Waals surface area contributed by atoms with E-state index in [1.54, 1.807) is 24.5 Å². The van der Waals surface area contributed by atoms with Crippen LogP contribution in [0.1, 0.15) is 0 Å². The lowest BCUT2D eigenvalue weighted by atomic mass is 10.1. The van der Waals surface area contributed by atoms with Gasteiger partial charge in [-0.15, -0.1) is 20.4 Å². The van der Waals surface area contributed by atoms with Gasteiger partial charge in [-0.05, 0) is 66.7 Å². The molecule has 0 saturated carbocycles. The first-order chi connectivity index (χ1) is 17.8. The summed E-state index contributed by atoms with van der Waals surface area (Å²) < 4.78 is 11.8. The zero-order valence-corrected chi connectivity index (χ0v) is 18.5. The number of hydrogen-bond acceptors (Lipinski definition) is 10. The SMILES string of the molecule is c1cc(-c2nnc(-c3ccc4ncccc4n3)o2)cc(-c2nnc(-c3ccc4ncccc4n3)o2)c1. The van der Waals surface area contributed by atoms with Crippen molar-refractivity contribution in [2.75, 3.05) is 0 Å². The average Bonchev–Trinajstić information content (AvgIpc) is 3.64. The standard InChI is InChI=1S/C26H14N8O2/c1-4-15(23-31-33-25(35-23)21-10-8-17-19(29-21)6-2-12-27-17)14-16(5-1)24-32-34-26(36-24)22-11-9-18-20(30-22)7-3-13-28-18/h1-14H. The summed E-state index contributed by atoms with van der Waals surface area (Å²) in [5.74, 6) is 1.34. The number of rotatable bonds is 4. The molecule has 1 aromatic carbocycles. The fourth-order valence-electron chi connectivity index (χ4n) is 3.82. The highest BCUT2D eigenvalue weighted by atomic mass is 16.4. The molecule has 0 unspecified atom stereocenters. The Morgan fingerprint density at radius 1 is 0.444 bits per heavy atom. The molecule has 0 amide bonds. The van der Waals surface area contributed by atoms with Gasteiger partial charge < -0.3 is 8.83 Å². The van der Waals surface area contributed by atoms with E-state index in [1.165, 1.54) is 0 Å². The summed E-state index contributed by atoms with van der Waals surface area (Å²) in [5, 5.41) is 16.8. The van der Waals surface area contributed by atoms with Crippen molar-refractivity contribution in [2.45, 2.75) is 0 Å². The number of pyridine rings is 4. The van der Waals surface area contributed by atoms with Crippen molar-refractivity contribution in [1.29, 1.82) is 0 Å². The largest absolute Gasteiger partial charge is 0.415 e. The Balaban J connectivity index is 1.19. The van der Waals surface area contributed by atoms with Gasteiger partial charge in [-0.1, -0.05) is 6.07 Å². The molecule has 0 saturated heterocycles. The molecular formula is C26H14N8O2. The first-order valence-electron chi connectivity index (χ1n) is 11.0. The van der Waals surface area contributed by atoms with E-state index in [1.807, 2.05) is 60.7 Å². The smallest absolute Gasteiger partial charge is 0.266 e. The number of benzene rings is 1. The Labute approximate surface area is 202 Å². The van der Waals surface area contributed by atoms with Gasteiger partial charge in [0, 0.05) is 23.5 Å². The summed E-state index contributed by atoms with van der Waals surface area (Å²) in [6, 6.07) is 22.2. The van der Waals surface area contributed by atoms with Gasteiger partial charge in [0.05, 0.1) is 22.1 Å². The molecule has 170 valence electrons. The Kier molecular flexibility index (Phi) is 4.53. The maximum Gasteiger partial charge on any atom is 0.266 e. The molecule has 0 bridgehead atoms. The summed E-state index contributed by atoms with van der Waals surface area (Å²) in [6.45, 7) is 0. The molecule has 0 aliphatic rings. The summed E-state index contributed by atoms with van der Waals surface area (Å²) >= 11 is 0. The normalized spacial score (nSPS) is 11.3. The minimum absolute atomic E-state index is 0.318. The van der Waals surface area contributed by atoms with Gasteiger partial charge in [-0.2, -0.15) is 0 Å². The van der Waals surface area contributed by atoms with Crippen LogP contribution in [0.2, 0.25) is 0 Å². The zero-order chi connectivity index (χ0) is 23.9. The van der Waals surface area contributed by atoms with Gasteiger partial charge in [-0.3, -0.25) is 9.97 Å². The topological polar surface area (TPSA) is 129 Å². The first kappa shape index (κ1) is 20.0. The van der Waals surface area contributed by atoms with E-state index in [-0.39, 0.29) is 0 Å². The Morgan fingerprint density at radius 2 is 0.944 bits per heavy atom. The van der Waals surface area contributed by atoms with Crippen molar-refractivity contribution in [2.24, 2.45) is 0 Å². The van der Waals surface area contributed by atoms with Crippen LogP contribution in [0.4, 0.5) is 0 Å². The second-order valence-corrected chi connectivity index (χ2v) is 7.88. The van der Waals surface area contributed by atoms with Crippen LogP contribution in [0.5, 0.6) is 0 Å². The van der Waals surface area contributed by atoms with Crippen molar-refractivity contribution < 1.29 is 8.83 Å². The van der Waals surface area contributed by atoms with Crippen molar-refractivity contribution >= 4 is 22.1 Å². The minimum Gasteiger partial charge on any atom is -0.415 e. The first-order valence-corrected chi connectivity index (χ1v) is 11.0. The molecule has 0 atom stereocenters. The van der Waals surface area contributed by atoms with Crippen molar-refractivity contribution in [3.8, 4) is 46.1 Å². The summed E-state index contributed by atoms with van der Waals surface area (Å²) in [5.41, 5.74) is 5.66. The number of nitrogens with zero attached hydrogens (tertiary/aromatic N) is 8. The molecule has 6 heterocycles. The number of aromatic nitrogens is 8. The molecule has 0 aliphatic heterocycles. The second-order valence-electron chi connectivity index (χ2n) is 7.88. The van der Waals surface area contributed by atoms with Crippen LogP contribution in [-0.2, 0) is 0 Å². The lowest BCUT2D eigenvalue weighted by Crippen LogP contribution is -1.86. The number of fused-ring (bicyclic) bond motifs is 2.